The Kier molecular flexibility index (Phi) is 2.43. The molecule has 2 aromatic rings. The van der Waals surface area contributed by atoms with Crippen LogP contribution < -0.4 is 4.90 Å². The number of rotatable bonds is 4. The lowest BCUT2D eigenvalue weighted by atomic mass is 10.4. The number of anilines is 1. The van der Waals surface area contributed by atoms with Gasteiger partial charge in [-0.3, -0.25) is 0 Å². The van der Waals surface area contributed by atoms with Gasteiger partial charge in [-0.05, 0) is 24.8 Å². The Balaban J connectivity index is 1.91. The van der Waals surface area contributed by atoms with E-state index >= 15 is 0 Å². The first-order chi connectivity index (χ1) is 8.63. The van der Waals surface area contributed by atoms with Crippen LogP contribution in [0.2, 0.25) is 0 Å². The molecule has 1 saturated carbocycles. The monoisotopic (exact) mass is 246 g/mol. The molecule has 6 heteroatoms. The van der Waals surface area contributed by atoms with E-state index < -0.39 is 5.97 Å². The Labute approximate surface area is 104 Å². The molecule has 0 spiro atoms. The SMILES string of the molecule is CN(CC1CC1)c1ccn2nc(C(=O)O)cc2n1. The molecule has 18 heavy (non-hydrogen) atoms. The van der Waals surface area contributed by atoms with Crippen molar-refractivity contribution in [3.8, 4) is 0 Å². The molecule has 0 amide bonds. The molecule has 6 nitrogen and oxygen atoms in total. The van der Waals surface area contributed by atoms with Gasteiger partial charge in [0.25, 0.3) is 0 Å². The third-order valence-electron chi connectivity index (χ3n) is 3.15. The van der Waals surface area contributed by atoms with Gasteiger partial charge in [0.2, 0.25) is 0 Å². The lowest BCUT2D eigenvalue weighted by Gasteiger charge is -2.17. The molecule has 2 aromatic heterocycles. The minimum Gasteiger partial charge on any atom is -0.476 e. The topological polar surface area (TPSA) is 70.7 Å². The molecule has 94 valence electrons. The molecule has 2 heterocycles. The van der Waals surface area contributed by atoms with Crippen LogP contribution in [0.4, 0.5) is 5.82 Å². The zero-order valence-electron chi connectivity index (χ0n) is 10.1. The van der Waals surface area contributed by atoms with Crippen molar-refractivity contribution in [1.82, 2.24) is 14.6 Å². The van der Waals surface area contributed by atoms with Crippen molar-refractivity contribution >= 4 is 17.4 Å². The zero-order valence-corrected chi connectivity index (χ0v) is 10.1. The van der Waals surface area contributed by atoms with Gasteiger partial charge >= 0.3 is 5.97 Å². The highest BCUT2D eigenvalue weighted by molar-refractivity contribution is 5.86. The van der Waals surface area contributed by atoms with Crippen molar-refractivity contribution in [2.75, 3.05) is 18.5 Å². The highest BCUT2D eigenvalue weighted by atomic mass is 16.4. The quantitative estimate of drug-likeness (QED) is 0.879. The van der Waals surface area contributed by atoms with E-state index in [0.29, 0.717) is 5.65 Å². The molecule has 0 atom stereocenters. The fraction of sp³-hybridized carbons (Fsp3) is 0.417. The van der Waals surface area contributed by atoms with Crippen LogP contribution in [0.5, 0.6) is 0 Å². The summed E-state index contributed by atoms with van der Waals surface area (Å²) in [6.07, 6.45) is 4.33. The van der Waals surface area contributed by atoms with E-state index in [1.165, 1.54) is 23.4 Å². The second kappa shape index (κ2) is 3.97. The predicted octanol–water partition coefficient (Wildman–Crippen LogP) is 1.27. The van der Waals surface area contributed by atoms with Gasteiger partial charge in [0.15, 0.2) is 11.3 Å². The van der Waals surface area contributed by atoms with Crippen LogP contribution >= 0.6 is 0 Å². The molecule has 0 bridgehead atoms. The highest BCUT2D eigenvalue weighted by Crippen LogP contribution is 2.30. The Bertz CT molecular complexity index is 603. The number of aromatic nitrogens is 3. The highest BCUT2D eigenvalue weighted by Gasteiger charge is 2.23. The average molecular weight is 246 g/mol. The molecule has 0 aromatic carbocycles. The van der Waals surface area contributed by atoms with Gasteiger partial charge in [-0.25, -0.2) is 14.3 Å². The number of carboxylic acids is 1. The average Bonchev–Trinajstić information content (AvgIpc) is 3.04. The summed E-state index contributed by atoms with van der Waals surface area (Å²) in [4.78, 5) is 17.4. The Morgan fingerprint density at radius 1 is 1.61 bits per heavy atom. The first-order valence-corrected chi connectivity index (χ1v) is 5.94. The number of aromatic carboxylic acids is 1. The summed E-state index contributed by atoms with van der Waals surface area (Å²) in [5.74, 6) is 0.604. The summed E-state index contributed by atoms with van der Waals surface area (Å²) in [5, 5.41) is 12.8. The maximum absolute atomic E-state index is 10.8. The van der Waals surface area contributed by atoms with Crippen LogP contribution in [0.3, 0.4) is 0 Å². The smallest absolute Gasteiger partial charge is 0.356 e. The molecule has 0 saturated heterocycles. The van der Waals surface area contributed by atoms with Crippen LogP contribution in [0.15, 0.2) is 18.3 Å². The van der Waals surface area contributed by atoms with Crippen LogP contribution in [0, 0.1) is 5.92 Å². The second-order valence-electron chi connectivity index (χ2n) is 4.75. The van der Waals surface area contributed by atoms with Gasteiger partial charge in [-0.15, -0.1) is 0 Å². The number of hydrogen-bond acceptors (Lipinski definition) is 4. The molecular formula is C12H14N4O2. The molecule has 0 aliphatic heterocycles. The maximum atomic E-state index is 10.8. The van der Waals surface area contributed by atoms with Gasteiger partial charge < -0.3 is 10.0 Å². The normalized spacial score (nSPS) is 14.9. The molecule has 1 aliphatic rings. The van der Waals surface area contributed by atoms with Crippen molar-refractivity contribution in [2.24, 2.45) is 5.92 Å². The van der Waals surface area contributed by atoms with E-state index in [9.17, 15) is 4.79 Å². The lowest BCUT2D eigenvalue weighted by Crippen LogP contribution is -2.21. The summed E-state index contributed by atoms with van der Waals surface area (Å²) < 4.78 is 1.48. The van der Waals surface area contributed by atoms with Gasteiger partial charge in [0.1, 0.15) is 5.82 Å². The van der Waals surface area contributed by atoms with Crippen LogP contribution in [0.1, 0.15) is 23.3 Å². The van der Waals surface area contributed by atoms with E-state index in [2.05, 4.69) is 15.0 Å². The van der Waals surface area contributed by atoms with Crippen LogP contribution in [-0.4, -0.2) is 39.3 Å². The van der Waals surface area contributed by atoms with Gasteiger partial charge in [0, 0.05) is 25.9 Å². The molecule has 1 N–H and O–H groups in total. The summed E-state index contributed by atoms with van der Waals surface area (Å²) in [6, 6.07) is 3.34. The molecule has 0 radical (unpaired) electrons. The first-order valence-electron chi connectivity index (χ1n) is 5.94. The molecule has 1 aliphatic carbocycles. The predicted molar refractivity (Wildman–Crippen MR) is 65.9 cm³/mol. The van der Waals surface area contributed by atoms with Crippen molar-refractivity contribution in [3.05, 3.63) is 24.0 Å². The summed E-state index contributed by atoms with van der Waals surface area (Å²) in [7, 11) is 2.01. The first kappa shape index (κ1) is 11.0. The fourth-order valence-corrected chi connectivity index (χ4v) is 1.97. The standard InChI is InChI=1S/C12H14N4O2/c1-15(7-8-2-3-8)10-4-5-16-11(13-10)6-9(14-16)12(17)18/h4-6,8H,2-3,7H2,1H3,(H,17,18). The third kappa shape index (κ3) is 2.01. The van der Waals surface area contributed by atoms with Crippen molar-refractivity contribution < 1.29 is 9.90 Å². The van der Waals surface area contributed by atoms with E-state index in [1.807, 2.05) is 13.1 Å². The molecular weight excluding hydrogens is 232 g/mol. The summed E-state index contributed by atoms with van der Waals surface area (Å²) in [6.45, 7) is 1.00. The van der Waals surface area contributed by atoms with E-state index in [0.717, 1.165) is 18.3 Å². The van der Waals surface area contributed by atoms with Crippen LogP contribution in [0.25, 0.3) is 5.65 Å². The molecule has 3 rings (SSSR count). The maximum Gasteiger partial charge on any atom is 0.356 e. The van der Waals surface area contributed by atoms with Crippen LogP contribution in [-0.2, 0) is 0 Å². The van der Waals surface area contributed by atoms with Crippen molar-refractivity contribution in [2.45, 2.75) is 12.8 Å². The van der Waals surface area contributed by atoms with E-state index in [-0.39, 0.29) is 5.69 Å². The third-order valence-corrected chi connectivity index (χ3v) is 3.15. The number of carboxylic acid groups (broad SMARTS) is 1. The number of fused-ring (bicyclic) bond motifs is 1. The Morgan fingerprint density at radius 3 is 3.06 bits per heavy atom. The second-order valence-corrected chi connectivity index (χ2v) is 4.75. The summed E-state index contributed by atoms with van der Waals surface area (Å²) in [5.41, 5.74) is 0.581. The zero-order chi connectivity index (χ0) is 12.7. The number of nitrogens with zero attached hydrogens (tertiary/aromatic N) is 4. The minimum absolute atomic E-state index is 0.0181. The minimum atomic E-state index is -1.03. The van der Waals surface area contributed by atoms with Gasteiger partial charge in [0.05, 0.1) is 0 Å². The molecule has 1 fully saturated rings. The fourth-order valence-electron chi connectivity index (χ4n) is 1.97. The van der Waals surface area contributed by atoms with Crippen molar-refractivity contribution in [3.63, 3.8) is 0 Å². The van der Waals surface area contributed by atoms with Gasteiger partial charge in [-0.2, -0.15) is 5.10 Å². The number of hydrogen-bond donors (Lipinski definition) is 1. The van der Waals surface area contributed by atoms with Gasteiger partial charge in [-0.1, -0.05) is 0 Å². The van der Waals surface area contributed by atoms with E-state index in [4.69, 9.17) is 5.11 Å². The largest absolute Gasteiger partial charge is 0.476 e. The summed E-state index contributed by atoms with van der Waals surface area (Å²) >= 11 is 0. The Morgan fingerprint density at radius 2 is 2.39 bits per heavy atom. The number of carbonyl (C=O) groups is 1. The Hall–Kier alpha value is -2.11. The van der Waals surface area contributed by atoms with E-state index in [1.54, 1.807) is 6.20 Å². The lowest BCUT2D eigenvalue weighted by molar-refractivity contribution is 0.0690. The van der Waals surface area contributed by atoms with Crippen molar-refractivity contribution in [1.29, 1.82) is 0 Å². The molecule has 0 unspecified atom stereocenters.